The topological polar surface area (TPSA) is 32.7 Å². The van der Waals surface area contributed by atoms with E-state index in [1.165, 1.54) is 21.9 Å². The Kier molecular flexibility index (Phi) is 7.74. The van der Waals surface area contributed by atoms with Crippen molar-refractivity contribution in [3.05, 3.63) is 93.4 Å². The van der Waals surface area contributed by atoms with Gasteiger partial charge in [-0.1, -0.05) is 42.5 Å². The number of benzene rings is 2. The highest BCUT2D eigenvalue weighted by atomic mass is 32.1. The number of aliphatic hydroxyl groups is 1. The molecule has 0 radical (unpaired) electrons. The number of halogens is 1. The van der Waals surface area contributed by atoms with Crippen LogP contribution in [0.4, 0.5) is 4.39 Å². The van der Waals surface area contributed by atoms with Crippen LogP contribution in [0.5, 0.6) is 0 Å². The Morgan fingerprint density at radius 2 is 1.71 bits per heavy atom. The van der Waals surface area contributed by atoms with Crippen LogP contribution in [0.1, 0.15) is 20.9 Å². The molecule has 1 atom stereocenters. The summed E-state index contributed by atoms with van der Waals surface area (Å²) in [4.78, 5) is 4.69. The maximum absolute atomic E-state index is 13.2. The van der Waals surface area contributed by atoms with Crippen LogP contribution in [-0.2, 0) is 24.4 Å². The van der Waals surface area contributed by atoms with E-state index in [9.17, 15) is 9.50 Å². The molecule has 2 aromatic carbocycles. The van der Waals surface area contributed by atoms with Gasteiger partial charge in [-0.3, -0.25) is 4.90 Å². The fourth-order valence-corrected chi connectivity index (χ4v) is 3.99. The molecule has 0 spiro atoms. The number of ether oxygens (including phenoxy) is 1. The number of hydrogen-bond acceptors (Lipinski definition) is 4. The first-order valence-corrected chi connectivity index (χ1v) is 10.2. The zero-order valence-corrected chi connectivity index (χ0v) is 16.9. The van der Waals surface area contributed by atoms with E-state index in [2.05, 4.69) is 24.0 Å². The van der Waals surface area contributed by atoms with Crippen molar-refractivity contribution in [2.75, 3.05) is 13.2 Å². The minimum atomic E-state index is -0.592. The van der Waals surface area contributed by atoms with Gasteiger partial charge in [0.15, 0.2) is 0 Å². The fourth-order valence-electron chi connectivity index (χ4n) is 3.06. The van der Waals surface area contributed by atoms with E-state index < -0.39 is 6.10 Å². The molecule has 0 aliphatic heterocycles. The average Bonchev–Trinajstić information content (AvgIpc) is 3.09. The van der Waals surface area contributed by atoms with Gasteiger partial charge in [-0.15, -0.1) is 11.3 Å². The lowest BCUT2D eigenvalue weighted by Gasteiger charge is -2.25. The predicted molar refractivity (Wildman–Crippen MR) is 112 cm³/mol. The maximum atomic E-state index is 13.2. The van der Waals surface area contributed by atoms with Gasteiger partial charge in [-0.05, 0) is 42.3 Å². The van der Waals surface area contributed by atoms with Gasteiger partial charge in [-0.2, -0.15) is 0 Å². The van der Waals surface area contributed by atoms with Crippen molar-refractivity contribution in [2.24, 2.45) is 0 Å². The molecule has 0 amide bonds. The molecule has 5 heteroatoms. The van der Waals surface area contributed by atoms with Gasteiger partial charge in [-0.25, -0.2) is 4.39 Å². The van der Waals surface area contributed by atoms with E-state index in [-0.39, 0.29) is 12.4 Å². The van der Waals surface area contributed by atoms with Crippen LogP contribution in [0.25, 0.3) is 0 Å². The Balaban J connectivity index is 1.56. The number of nitrogens with zero attached hydrogens (tertiary/aromatic N) is 1. The van der Waals surface area contributed by atoms with Crippen LogP contribution < -0.4 is 0 Å². The standard InChI is InChI=1S/C23H26FNO2S/c1-18-7-12-23(28-18)15-25(13-19-8-10-21(24)11-9-19)14-22(26)17-27-16-20-5-3-2-4-6-20/h2-12,22,26H,13-17H2,1H3/t22-/m1/s1. The van der Waals surface area contributed by atoms with Gasteiger partial charge < -0.3 is 9.84 Å². The monoisotopic (exact) mass is 399 g/mol. The first kappa shape index (κ1) is 20.7. The minimum Gasteiger partial charge on any atom is -0.389 e. The van der Waals surface area contributed by atoms with Crippen molar-refractivity contribution < 1.29 is 14.2 Å². The lowest BCUT2D eigenvalue weighted by Crippen LogP contribution is -2.34. The van der Waals surface area contributed by atoms with Gasteiger partial charge in [0, 0.05) is 29.4 Å². The number of hydrogen-bond donors (Lipinski definition) is 1. The van der Waals surface area contributed by atoms with E-state index in [4.69, 9.17) is 4.74 Å². The summed E-state index contributed by atoms with van der Waals surface area (Å²) in [6, 6.07) is 20.7. The molecule has 148 valence electrons. The molecule has 0 saturated carbocycles. The highest BCUT2D eigenvalue weighted by molar-refractivity contribution is 7.11. The molecule has 1 aromatic heterocycles. The first-order chi connectivity index (χ1) is 13.6. The van der Waals surface area contributed by atoms with Gasteiger partial charge in [0.2, 0.25) is 0 Å². The molecule has 1 heterocycles. The third kappa shape index (κ3) is 6.84. The maximum Gasteiger partial charge on any atom is 0.123 e. The molecule has 0 fully saturated rings. The molecule has 3 rings (SSSR count). The summed E-state index contributed by atoms with van der Waals surface area (Å²) in [6.07, 6.45) is -0.592. The largest absolute Gasteiger partial charge is 0.389 e. The predicted octanol–water partition coefficient (Wildman–Crippen LogP) is 4.78. The quantitative estimate of drug-likeness (QED) is 0.533. The number of aryl methyl sites for hydroxylation is 1. The number of aliphatic hydroxyl groups excluding tert-OH is 1. The first-order valence-electron chi connectivity index (χ1n) is 9.40. The molecule has 3 aromatic rings. The third-order valence-electron chi connectivity index (χ3n) is 4.39. The van der Waals surface area contributed by atoms with Crippen LogP contribution >= 0.6 is 11.3 Å². The van der Waals surface area contributed by atoms with Crippen LogP contribution in [0, 0.1) is 12.7 Å². The zero-order valence-electron chi connectivity index (χ0n) is 16.1. The zero-order chi connectivity index (χ0) is 19.8. The highest BCUT2D eigenvalue weighted by Crippen LogP contribution is 2.19. The Morgan fingerprint density at radius 3 is 2.39 bits per heavy atom. The van der Waals surface area contributed by atoms with Gasteiger partial charge in [0.1, 0.15) is 5.82 Å². The van der Waals surface area contributed by atoms with Gasteiger partial charge in [0.25, 0.3) is 0 Å². The Labute approximate surface area is 170 Å². The summed E-state index contributed by atoms with van der Waals surface area (Å²) >= 11 is 1.76. The van der Waals surface area contributed by atoms with E-state index in [0.29, 0.717) is 19.7 Å². The van der Waals surface area contributed by atoms with Crippen molar-refractivity contribution >= 4 is 11.3 Å². The van der Waals surface area contributed by atoms with Crippen molar-refractivity contribution in [3.8, 4) is 0 Å². The second-order valence-corrected chi connectivity index (χ2v) is 8.34. The molecule has 0 aliphatic rings. The summed E-state index contributed by atoms with van der Waals surface area (Å²) in [7, 11) is 0. The van der Waals surface area contributed by atoms with E-state index in [1.54, 1.807) is 23.5 Å². The van der Waals surface area contributed by atoms with Crippen LogP contribution in [0.2, 0.25) is 0 Å². The van der Waals surface area contributed by atoms with Crippen molar-refractivity contribution in [3.63, 3.8) is 0 Å². The molecule has 28 heavy (non-hydrogen) atoms. The van der Waals surface area contributed by atoms with Gasteiger partial charge in [0.05, 0.1) is 19.3 Å². The molecule has 0 aliphatic carbocycles. The summed E-state index contributed by atoms with van der Waals surface area (Å²) < 4.78 is 18.9. The normalized spacial score (nSPS) is 12.4. The molecule has 0 saturated heterocycles. The van der Waals surface area contributed by atoms with Crippen LogP contribution in [-0.4, -0.2) is 29.3 Å². The smallest absolute Gasteiger partial charge is 0.123 e. The minimum absolute atomic E-state index is 0.237. The Bertz CT molecular complexity index is 835. The number of thiophene rings is 1. The molecule has 1 N–H and O–H groups in total. The summed E-state index contributed by atoms with van der Waals surface area (Å²) in [5.41, 5.74) is 2.11. The van der Waals surface area contributed by atoms with Crippen molar-refractivity contribution in [2.45, 2.75) is 32.7 Å². The molecule has 0 unspecified atom stereocenters. The van der Waals surface area contributed by atoms with Crippen molar-refractivity contribution in [1.82, 2.24) is 4.90 Å². The van der Waals surface area contributed by atoms with E-state index in [0.717, 1.165) is 17.7 Å². The molecular weight excluding hydrogens is 373 g/mol. The van der Waals surface area contributed by atoms with Crippen LogP contribution in [0.15, 0.2) is 66.7 Å². The van der Waals surface area contributed by atoms with E-state index in [1.807, 2.05) is 30.3 Å². The van der Waals surface area contributed by atoms with Gasteiger partial charge >= 0.3 is 0 Å². The third-order valence-corrected chi connectivity index (χ3v) is 5.37. The lowest BCUT2D eigenvalue weighted by molar-refractivity contribution is 0.00728. The highest BCUT2D eigenvalue weighted by Gasteiger charge is 2.14. The molecule has 3 nitrogen and oxygen atoms in total. The molecule has 0 bridgehead atoms. The Hall–Kier alpha value is -2.05. The summed E-state index contributed by atoms with van der Waals surface area (Å²) in [5.74, 6) is -0.237. The Morgan fingerprint density at radius 1 is 0.964 bits per heavy atom. The fraction of sp³-hybridized carbons (Fsp3) is 0.304. The second-order valence-electron chi connectivity index (χ2n) is 6.96. The summed E-state index contributed by atoms with van der Waals surface area (Å²) in [6.45, 7) is 4.73. The second kappa shape index (κ2) is 10.5. The van der Waals surface area contributed by atoms with Crippen molar-refractivity contribution in [1.29, 1.82) is 0 Å². The summed E-state index contributed by atoms with van der Waals surface area (Å²) in [5, 5.41) is 10.5. The SMILES string of the molecule is Cc1ccc(CN(Cc2ccc(F)cc2)C[C@@H](O)COCc2ccccc2)s1. The average molecular weight is 400 g/mol. The lowest BCUT2D eigenvalue weighted by atomic mass is 10.2. The van der Waals surface area contributed by atoms with Crippen LogP contribution in [0.3, 0.4) is 0 Å². The number of rotatable bonds is 10. The van der Waals surface area contributed by atoms with E-state index >= 15 is 0 Å². The molecular formula is C23H26FNO2S.